The highest BCUT2D eigenvalue weighted by molar-refractivity contribution is 7.16. The van der Waals surface area contributed by atoms with E-state index in [0.717, 1.165) is 68.9 Å². The Morgan fingerprint density at radius 2 is 2.08 bits per heavy atom. The van der Waals surface area contributed by atoms with Gasteiger partial charge in [-0.05, 0) is 106 Å². The number of likely N-dealkylation sites (N-methyl/N-ethyl adjacent to an activating group) is 1. The van der Waals surface area contributed by atoms with Crippen molar-refractivity contribution in [2.24, 2.45) is 0 Å². The number of amides is 1. The third-order valence-electron chi connectivity index (χ3n) is 7.81. The highest BCUT2D eigenvalue weighted by atomic mass is 32.1. The Kier molecular flexibility index (Phi) is 6.43. The van der Waals surface area contributed by atoms with E-state index in [2.05, 4.69) is 64.4 Å². The molecule has 0 unspecified atom stereocenters. The molecule has 0 bridgehead atoms. The molecule has 192 valence electrons. The molecule has 3 heterocycles. The van der Waals surface area contributed by atoms with E-state index in [4.69, 9.17) is 4.74 Å². The minimum atomic E-state index is -0.407. The van der Waals surface area contributed by atoms with Gasteiger partial charge in [0.15, 0.2) is 0 Å². The van der Waals surface area contributed by atoms with Gasteiger partial charge in [0.2, 0.25) is 0 Å². The lowest BCUT2D eigenvalue weighted by Crippen LogP contribution is -2.48. The molecule has 4 aromatic rings. The molecule has 1 saturated carbocycles. The van der Waals surface area contributed by atoms with Crippen molar-refractivity contribution in [3.63, 3.8) is 0 Å². The highest BCUT2D eigenvalue weighted by Gasteiger charge is 2.47. The summed E-state index contributed by atoms with van der Waals surface area (Å²) in [5, 5.41) is 4.49. The van der Waals surface area contributed by atoms with Crippen LogP contribution in [0.5, 0.6) is 5.75 Å². The standard InChI is InChI=1S/C32H31N3O2S/c1-4-6-25-10-11-30(38-25)22-17-28(26-7-5-15-33-29(26)18-22)32(13-14-32)34-31(36)27-19-24(9-8-21(27)2)37-20-23-12-16-35(23)3/h5,7-11,15,17-19,23H,12-14,16,20H2,1-3H3,(H,34,36)/t23-/m0/s1. The molecule has 2 aromatic carbocycles. The van der Waals surface area contributed by atoms with Crippen LogP contribution in [0.1, 0.15) is 52.5 Å². The van der Waals surface area contributed by atoms with Gasteiger partial charge < -0.3 is 10.1 Å². The summed E-state index contributed by atoms with van der Waals surface area (Å²) in [4.78, 5) is 22.8. The molecule has 1 atom stereocenters. The third-order valence-corrected chi connectivity index (χ3v) is 8.86. The molecule has 1 aliphatic heterocycles. The predicted molar refractivity (Wildman–Crippen MR) is 154 cm³/mol. The van der Waals surface area contributed by atoms with E-state index in [0.29, 0.717) is 18.2 Å². The molecule has 2 fully saturated rings. The van der Waals surface area contributed by atoms with Crippen LogP contribution in [0.15, 0.2) is 60.8 Å². The number of aromatic nitrogens is 1. The Morgan fingerprint density at radius 1 is 1.21 bits per heavy atom. The Balaban J connectivity index is 1.30. The average Bonchev–Trinajstić information content (AvgIpc) is 3.54. The molecule has 38 heavy (non-hydrogen) atoms. The topological polar surface area (TPSA) is 54.5 Å². The molecule has 5 nitrogen and oxygen atoms in total. The number of nitrogens with zero attached hydrogens (tertiary/aromatic N) is 2. The summed E-state index contributed by atoms with van der Waals surface area (Å²) in [6.07, 6.45) is 4.77. The third kappa shape index (κ3) is 4.69. The van der Waals surface area contributed by atoms with Crippen LogP contribution in [0.3, 0.4) is 0 Å². The van der Waals surface area contributed by atoms with E-state index in [-0.39, 0.29) is 5.91 Å². The fourth-order valence-corrected chi connectivity index (χ4v) is 6.08. The van der Waals surface area contributed by atoms with Crippen molar-refractivity contribution < 1.29 is 9.53 Å². The van der Waals surface area contributed by atoms with Gasteiger partial charge in [0, 0.05) is 28.1 Å². The van der Waals surface area contributed by atoms with E-state index in [1.165, 1.54) is 0 Å². The molecule has 1 aliphatic carbocycles. The molecule has 6 heteroatoms. The lowest BCUT2D eigenvalue weighted by molar-refractivity contribution is 0.0767. The largest absolute Gasteiger partial charge is 0.492 e. The zero-order valence-corrected chi connectivity index (χ0v) is 22.8. The van der Waals surface area contributed by atoms with Gasteiger partial charge in [-0.25, -0.2) is 0 Å². The number of carbonyl (C=O) groups excluding carboxylic acids is 1. The fraction of sp³-hybridized carbons (Fsp3) is 0.312. The molecule has 1 saturated heterocycles. The van der Waals surface area contributed by atoms with Crippen molar-refractivity contribution in [2.75, 3.05) is 20.2 Å². The highest BCUT2D eigenvalue weighted by Crippen LogP contribution is 2.49. The summed E-state index contributed by atoms with van der Waals surface area (Å²) < 4.78 is 6.06. The molecule has 1 N–H and O–H groups in total. The van der Waals surface area contributed by atoms with Crippen molar-refractivity contribution in [3.05, 3.63) is 82.4 Å². The van der Waals surface area contributed by atoms with Crippen LogP contribution in [0.2, 0.25) is 0 Å². The number of hydrogen-bond donors (Lipinski definition) is 1. The summed E-state index contributed by atoms with van der Waals surface area (Å²) in [5.41, 5.74) is 4.36. The van der Waals surface area contributed by atoms with E-state index in [9.17, 15) is 4.79 Å². The van der Waals surface area contributed by atoms with Crippen LogP contribution in [-0.4, -0.2) is 42.0 Å². The van der Waals surface area contributed by atoms with E-state index in [1.807, 2.05) is 44.3 Å². The molecule has 0 spiro atoms. The maximum Gasteiger partial charge on any atom is 0.252 e. The number of carbonyl (C=O) groups is 1. The van der Waals surface area contributed by atoms with Crippen LogP contribution in [0.25, 0.3) is 21.3 Å². The van der Waals surface area contributed by atoms with Crippen LogP contribution in [-0.2, 0) is 5.54 Å². The van der Waals surface area contributed by atoms with Crippen molar-refractivity contribution in [1.29, 1.82) is 0 Å². The van der Waals surface area contributed by atoms with Crippen molar-refractivity contribution in [1.82, 2.24) is 15.2 Å². The van der Waals surface area contributed by atoms with Gasteiger partial charge in [-0.15, -0.1) is 17.3 Å². The zero-order valence-electron chi connectivity index (χ0n) is 22.0. The number of nitrogens with one attached hydrogen (secondary N) is 1. The van der Waals surface area contributed by atoms with Gasteiger partial charge in [0.25, 0.3) is 5.91 Å². The average molecular weight is 522 g/mol. The monoisotopic (exact) mass is 521 g/mol. The summed E-state index contributed by atoms with van der Waals surface area (Å²) in [6, 6.07) is 18.9. The van der Waals surface area contributed by atoms with Gasteiger partial charge in [-0.1, -0.05) is 18.1 Å². The van der Waals surface area contributed by atoms with E-state index >= 15 is 0 Å². The molecule has 2 aliphatic rings. The van der Waals surface area contributed by atoms with E-state index < -0.39 is 5.54 Å². The summed E-state index contributed by atoms with van der Waals surface area (Å²) in [5.74, 6) is 6.81. The van der Waals surface area contributed by atoms with E-state index in [1.54, 1.807) is 11.3 Å². The number of hydrogen-bond acceptors (Lipinski definition) is 5. The molecule has 6 rings (SSSR count). The number of pyridine rings is 1. The predicted octanol–water partition coefficient (Wildman–Crippen LogP) is 6.15. The summed E-state index contributed by atoms with van der Waals surface area (Å²) in [7, 11) is 2.12. The first kappa shape index (κ1) is 24.7. The fourth-order valence-electron chi connectivity index (χ4n) is 5.18. The van der Waals surface area contributed by atoms with Gasteiger partial charge in [-0.2, -0.15) is 0 Å². The van der Waals surface area contributed by atoms with Crippen LogP contribution < -0.4 is 10.1 Å². The van der Waals surface area contributed by atoms with Crippen molar-refractivity contribution in [2.45, 2.75) is 44.7 Å². The van der Waals surface area contributed by atoms with Gasteiger partial charge in [0.1, 0.15) is 12.4 Å². The number of rotatable bonds is 7. The minimum absolute atomic E-state index is 0.0646. The molecule has 0 radical (unpaired) electrons. The Bertz CT molecular complexity index is 1590. The van der Waals surface area contributed by atoms with Gasteiger partial charge >= 0.3 is 0 Å². The van der Waals surface area contributed by atoms with Crippen LogP contribution >= 0.6 is 11.3 Å². The number of ether oxygens (including phenoxy) is 1. The number of thiophene rings is 1. The summed E-state index contributed by atoms with van der Waals surface area (Å²) in [6.45, 7) is 5.59. The first-order valence-electron chi connectivity index (χ1n) is 13.1. The second-order valence-electron chi connectivity index (χ2n) is 10.4. The molecular formula is C32H31N3O2S. The lowest BCUT2D eigenvalue weighted by Gasteiger charge is -2.37. The van der Waals surface area contributed by atoms with Crippen LogP contribution in [0.4, 0.5) is 0 Å². The zero-order chi connectivity index (χ0) is 26.3. The quantitative estimate of drug-likeness (QED) is 0.297. The second-order valence-corrected chi connectivity index (χ2v) is 11.5. The Hall–Kier alpha value is -3.66. The molecule has 1 amide bonds. The Labute approximate surface area is 227 Å². The Morgan fingerprint density at radius 3 is 2.82 bits per heavy atom. The lowest BCUT2D eigenvalue weighted by atomic mass is 9.95. The van der Waals surface area contributed by atoms with Gasteiger partial charge in [-0.3, -0.25) is 14.7 Å². The maximum atomic E-state index is 13.7. The van der Waals surface area contributed by atoms with Crippen LogP contribution in [0, 0.1) is 18.8 Å². The second kappa shape index (κ2) is 9.90. The van der Waals surface area contributed by atoms with Crippen molar-refractivity contribution >= 4 is 28.1 Å². The minimum Gasteiger partial charge on any atom is -0.492 e. The molecule has 2 aromatic heterocycles. The maximum absolute atomic E-state index is 13.7. The first-order valence-corrected chi connectivity index (χ1v) is 14.0. The molecular weight excluding hydrogens is 490 g/mol. The summed E-state index contributed by atoms with van der Waals surface area (Å²) >= 11 is 1.68. The normalized spacial score (nSPS) is 17.8. The first-order chi connectivity index (χ1) is 18.5. The van der Waals surface area contributed by atoms with Crippen molar-refractivity contribution in [3.8, 4) is 28.0 Å². The number of benzene rings is 2. The number of fused-ring (bicyclic) bond motifs is 1. The SMILES string of the molecule is CC#Cc1ccc(-c2cc(C3(NC(=O)c4cc(OC[C@@H]5CCN5C)ccc4C)CC3)c3cccnc3c2)s1. The number of aryl methyl sites for hydroxylation is 1. The number of likely N-dealkylation sites (tertiary alicyclic amines) is 1. The van der Waals surface area contributed by atoms with Gasteiger partial charge in [0.05, 0.1) is 15.9 Å². The smallest absolute Gasteiger partial charge is 0.252 e.